The largest absolute Gasteiger partial charge is 0.356 e. The second-order valence-corrected chi connectivity index (χ2v) is 7.21. The summed E-state index contributed by atoms with van der Waals surface area (Å²) in [6.07, 6.45) is 2.55. The maximum Gasteiger partial charge on any atom is 0.189 e. The van der Waals surface area contributed by atoms with E-state index >= 15 is 0 Å². The molecule has 140 valence electrons. The first-order valence-electron chi connectivity index (χ1n) is 9.22. The molecule has 3 heterocycles. The van der Waals surface area contributed by atoms with Gasteiger partial charge in [-0.05, 0) is 18.6 Å². The Morgan fingerprint density at radius 2 is 1.96 bits per heavy atom. The zero-order valence-corrected chi connectivity index (χ0v) is 16.0. The number of hydrogen-bond donors (Lipinski definition) is 1. The van der Waals surface area contributed by atoms with Gasteiger partial charge in [0.15, 0.2) is 5.43 Å². The Bertz CT molecular complexity index is 1010. The number of piperazine rings is 1. The molecular weight excluding hydrogens is 362 g/mol. The molecule has 0 radical (unpaired) electrons. The van der Waals surface area contributed by atoms with E-state index in [2.05, 4.69) is 37.7 Å². The third kappa shape index (κ3) is 3.82. The summed E-state index contributed by atoms with van der Waals surface area (Å²) in [5.41, 5.74) is 2.68. The molecule has 0 atom stereocenters. The number of para-hydroxylation sites is 1. The molecule has 1 aliphatic rings. The minimum absolute atomic E-state index is 0.00738. The summed E-state index contributed by atoms with van der Waals surface area (Å²) >= 11 is 6.25. The summed E-state index contributed by atoms with van der Waals surface area (Å²) < 4.78 is 0. The van der Waals surface area contributed by atoms with E-state index in [9.17, 15) is 4.79 Å². The van der Waals surface area contributed by atoms with Gasteiger partial charge in [-0.15, -0.1) is 0 Å². The Morgan fingerprint density at radius 3 is 2.74 bits per heavy atom. The molecule has 0 unspecified atom stereocenters. The first-order chi connectivity index (χ1) is 13.1. The molecule has 3 aromatic rings. The molecule has 0 bridgehead atoms. The SMILES string of the molecule is CCc1cc(N2CCN(Cc3cc(=O)c4cccc(Cl)c4[nH]3)CC2)ncn1. The van der Waals surface area contributed by atoms with Crippen LogP contribution < -0.4 is 10.3 Å². The molecule has 1 aliphatic heterocycles. The number of aromatic amines is 1. The normalized spacial score (nSPS) is 15.4. The van der Waals surface area contributed by atoms with Gasteiger partial charge >= 0.3 is 0 Å². The molecule has 0 saturated carbocycles. The highest BCUT2D eigenvalue weighted by atomic mass is 35.5. The van der Waals surface area contributed by atoms with Gasteiger partial charge in [0.2, 0.25) is 0 Å². The van der Waals surface area contributed by atoms with E-state index in [1.165, 1.54) is 0 Å². The van der Waals surface area contributed by atoms with Gasteiger partial charge < -0.3 is 9.88 Å². The van der Waals surface area contributed by atoms with Crippen LogP contribution in [0.2, 0.25) is 5.02 Å². The van der Waals surface area contributed by atoms with Crippen LogP contribution in [0.1, 0.15) is 18.3 Å². The van der Waals surface area contributed by atoms with Gasteiger partial charge in [-0.2, -0.15) is 0 Å². The minimum Gasteiger partial charge on any atom is -0.356 e. The van der Waals surface area contributed by atoms with E-state index < -0.39 is 0 Å². The fourth-order valence-corrected chi connectivity index (χ4v) is 3.72. The highest BCUT2D eigenvalue weighted by molar-refractivity contribution is 6.35. The van der Waals surface area contributed by atoms with E-state index in [1.54, 1.807) is 30.6 Å². The lowest BCUT2D eigenvalue weighted by atomic mass is 10.2. The van der Waals surface area contributed by atoms with Crippen molar-refractivity contribution in [3.8, 4) is 0 Å². The number of nitrogens with zero attached hydrogens (tertiary/aromatic N) is 4. The smallest absolute Gasteiger partial charge is 0.189 e. The third-order valence-electron chi connectivity index (χ3n) is 5.03. The van der Waals surface area contributed by atoms with Gasteiger partial charge in [0, 0.05) is 61.6 Å². The van der Waals surface area contributed by atoms with E-state index in [0.717, 1.165) is 49.8 Å². The van der Waals surface area contributed by atoms with Gasteiger partial charge in [-0.3, -0.25) is 9.69 Å². The maximum atomic E-state index is 12.4. The molecule has 1 N–H and O–H groups in total. The number of pyridine rings is 1. The second-order valence-electron chi connectivity index (χ2n) is 6.81. The van der Waals surface area contributed by atoms with Crippen molar-refractivity contribution in [1.82, 2.24) is 19.9 Å². The zero-order chi connectivity index (χ0) is 18.8. The summed E-state index contributed by atoms with van der Waals surface area (Å²) in [5.74, 6) is 0.993. The predicted molar refractivity (Wildman–Crippen MR) is 108 cm³/mol. The number of hydrogen-bond acceptors (Lipinski definition) is 5. The topological polar surface area (TPSA) is 65.1 Å². The minimum atomic E-state index is 0.00738. The van der Waals surface area contributed by atoms with Crippen molar-refractivity contribution in [1.29, 1.82) is 0 Å². The molecule has 0 amide bonds. The molecule has 0 aliphatic carbocycles. The van der Waals surface area contributed by atoms with E-state index in [1.807, 2.05) is 0 Å². The van der Waals surface area contributed by atoms with Crippen LogP contribution >= 0.6 is 11.6 Å². The van der Waals surface area contributed by atoms with Gasteiger partial charge in [0.05, 0.1) is 10.5 Å². The number of anilines is 1. The average molecular weight is 384 g/mol. The van der Waals surface area contributed by atoms with E-state index in [-0.39, 0.29) is 5.43 Å². The third-order valence-corrected chi connectivity index (χ3v) is 5.35. The molecule has 2 aromatic heterocycles. The fraction of sp³-hybridized carbons (Fsp3) is 0.350. The molecule has 6 nitrogen and oxygen atoms in total. The highest BCUT2D eigenvalue weighted by Gasteiger charge is 2.19. The van der Waals surface area contributed by atoms with Crippen LogP contribution in [-0.4, -0.2) is 46.0 Å². The maximum absolute atomic E-state index is 12.4. The van der Waals surface area contributed by atoms with Crippen LogP contribution in [0, 0.1) is 0 Å². The van der Waals surface area contributed by atoms with E-state index in [4.69, 9.17) is 11.6 Å². The average Bonchev–Trinajstić information content (AvgIpc) is 2.69. The van der Waals surface area contributed by atoms with Gasteiger partial charge in [0.25, 0.3) is 0 Å². The van der Waals surface area contributed by atoms with Crippen LogP contribution in [0.15, 0.2) is 41.5 Å². The number of nitrogens with one attached hydrogen (secondary N) is 1. The van der Waals surface area contributed by atoms with Crippen molar-refractivity contribution < 1.29 is 0 Å². The molecular formula is C20H22ClN5O. The molecule has 1 saturated heterocycles. The zero-order valence-electron chi connectivity index (χ0n) is 15.3. The van der Waals surface area contributed by atoms with Crippen molar-refractivity contribution in [3.63, 3.8) is 0 Å². The van der Waals surface area contributed by atoms with Gasteiger partial charge in [-0.25, -0.2) is 9.97 Å². The summed E-state index contributed by atoms with van der Waals surface area (Å²) in [7, 11) is 0. The summed E-state index contributed by atoms with van der Waals surface area (Å²) in [5, 5.41) is 1.21. The van der Waals surface area contributed by atoms with Crippen molar-refractivity contribution in [2.45, 2.75) is 19.9 Å². The molecule has 7 heteroatoms. The lowest BCUT2D eigenvalue weighted by Crippen LogP contribution is -2.46. The van der Waals surface area contributed by atoms with Crippen LogP contribution in [0.25, 0.3) is 10.9 Å². The van der Waals surface area contributed by atoms with Gasteiger partial charge in [-0.1, -0.05) is 24.6 Å². The lowest BCUT2D eigenvalue weighted by molar-refractivity contribution is 0.246. The Hall–Kier alpha value is -2.44. The Morgan fingerprint density at radius 1 is 1.15 bits per heavy atom. The molecule has 1 aromatic carbocycles. The Kier molecular flexibility index (Phi) is 5.09. The monoisotopic (exact) mass is 383 g/mol. The molecule has 4 rings (SSSR count). The van der Waals surface area contributed by atoms with Crippen LogP contribution in [0.3, 0.4) is 0 Å². The molecule has 1 fully saturated rings. The number of aryl methyl sites for hydroxylation is 1. The van der Waals surface area contributed by atoms with Crippen molar-refractivity contribution in [2.24, 2.45) is 0 Å². The highest BCUT2D eigenvalue weighted by Crippen LogP contribution is 2.20. The molecule has 27 heavy (non-hydrogen) atoms. The first-order valence-corrected chi connectivity index (χ1v) is 9.60. The summed E-state index contributed by atoms with van der Waals surface area (Å²) in [4.78, 5) is 29.0. The molecule has 0 spiro atoms. The van der Waals surface area contributed by atoms with Crippen LogP contribution in [0.4, 0.5) is 5.82 Å². The summed E-state index contributed by atoms with van der Waals surface area (Å²) in [6, 6.07) is 9.15. The lowest BCUT2D eigenvalue weighted by Gasteiger charge is -2.35. The quantitative estimate of drug-likeness (QED) is 0.750. The second kappa shape index (κ2) is 7.66. The number of benzene rings is 1. The van der Waals surface area contributed by atoms with Crippen molar-refractivity contribution in [2.75, 3.05) is 31.1 Å². The standard InChI is InChI=1S/C20H22ClN5O/c1-2-14-11-19(23-13-22-14)26-8-6-25(7-9-26)12-15-10-18(27)16-4-3-5-17(21)20(16)24-15/h3-5,10-11,13H,2,6-9,12H2,1H3,(H,24,27). The number of aromatic nitrogens is 3. The number of H-pyrrole nitrogens is 1. The Labute approximate surface area is 162 Å². The first kappa shape index (κ1) is 17.9. The van der Waals surface area contributed by atoms with Crippen LogP contribution in [0.5, 0.6) is 0 Å². The number of rotatable bonds is 4. The van der Waals surface area contributed by atoms with E-state index in [0.29, 0.717) is 22.5 Å². The fourth-order valence-electron chi connectivity index (χ4n) is 3.50. The number of fused-ring (bicyclic) bond motifs is 1. The van der Waals surface area contributed by atoms with Crippen LogP contribution in [-0.2, 0) is 13.0 Å². The van der Waals surface area contributed by atoms with Crippen molar-refractivity contribution in [3.05, 3.63) is 63.3 Å². The van der Waals surface area contributed by atoms with Gasteiger partial charge in [0.1, 0.15) is 12.1 Å². The van der Waals surface area contributed by atoms with Crippen molar-refractivity contribution >= 4 is 28.3 Å². The summed E-state index contributed by atoms with van der Waals surface area (Å²) in [6.45, 7) is 6.43. The predicted octanol–water partition coefficient (Wildman–Crippen LogP) is 2.86. The Balaban J connectivity index is 1.45. The number of halogens is 1.